The highest BCUT2D eigenvalue weighted by Gasteiger charge is 2.31. The Morgan fingerprint density at radius 3 is 2.64 bits per heavy atom. The molecule has 0 radical (unpaired) electrons. The molecule has 5 nitrogen and oxygen atoms in total. The molecule has 2 atom stereocenters. The summed E-state index contributed by atoms with van der Waals surface area (Å²) in [5, 5.41) is 8.78. The van der Waals surface area contributed by atoms with Crippen LogP contribution >= 0.6 is 0 Å². The van der Waals surface area contributed by atoms with Crippen LogP contribution in [0.15, 0.2) is 12.1 Å². The lowest BCUT2D eigenvalue weighted by Crippen LogP contribution is -2.47. The van der Waals surface area contributed by atoms with Gasteiger partial charge in [0.1, 0.15) is 12.4 Å². The highest BCUT2D eigenvalue weighted by Crippen LogP contribution is 2.26. The number of nitrogens with one attached hydrogen (secondary N) is 1. The molecule has 0 bridgehead atoms. The van der Waals surface area contributed by atoms with Crippen LogP contribution in [0.2, 0.25) is 0 Å². The number of halogens is 3. The van der Waals surface area contributed by atoms with Crippen LogP contribution in [0, 0.1) is 23.4 Å². The number of rotatable bonds is 7. The van der Waals surface area contributed by atoms with Gasteiger partial charge in [-0.25, -0.2) is 18.7 Å². The van der Waals surface area contributed by atoms with E-state index in [0.717, 1.165) is 25.0 Å². The summed E-state index contributed by atoms with van der Waals surface area (Å²) in [7, 11) is 0. The minimum Gasteiger partial charge on any atom is -0.492 e. The lowest BCUT2D eigenvalue weighted by atomic mass is 9.88. The first-order valence-electron chi connectivity index (χ1n) is 8.41. The zero-order chi connectivity index (χ0) is 18.4. The molecule has 1 amide bonds. The number of carbonyl (C=O) groups is 1. The van der Waals surface area contributed by atoms with Gasteiger partial charge in [-0.15, -0.1) is 0 Å². The topological polar surface area (TPSA) is 61.8 Å². The second-order valence-electron chi connectivity index (χ2n) is 6.23. The van der Waals surface area contributed by atoms with Crippen LogP contribution in [0.4, 0.5) is 13.2 Å². The van der Waals surface area contributed by atoms with E-state index in [0.29, 0.717) is 25.9 Å². The minimum absolute atomic E-state index is 0.0574. The van der Waals surface area contributed by atoms with Crippen molar-refractivity contribution < 1.29 is 27.9 Å². The van der Waals surface area contributed by atoms with Gasteiger partial charge in [-0.3, -0.25) is 14.9 Å². The maximum absolute atomic E-state index is 13.2. The van der Waals surface area contributed by atoms with Crippen molar-refractivity contribution in [2.45, 2.75) is 38.6 Å². The molecule has 8 heteroatoms. The first kappa shape index (κ1) is 19.5. The Kier molecular flexibility index (Phi) is 7.07. The Hall–Kier alpha value is -1.80. The molecule has 0 saturated carbocycles. The number of likely N-dealkylation sites (tertiary alicyclic amines) is 1. The van der Waals surface area contributed by atoms with Crippen molar-refractivity contribution in [2.75, 3.05) is 19.7 Å². The number of nitrogens with zero attached hydrogens (tertiary/aromatic N) is 1. The largest absolute Gasteiger partial charge is 0.492 e. The molecule has 1 saturated heterocycles. The number of hydrogen-bond acceptors (Lipinski definition) is 4. The molecule has 1 aromatic rings. The van der Waals surface area contributed by atoms with Crippen molar-refractivity contribution in [3.63, 3.8) is 0 Å². The van der Waals surface area contributed by atoms with Gasteiger partial charge in [-0.1, -0.05) is 13.3 Å². The Morgan fingerprint density at radius 2 is 2.04 bits per heavy atom. The molecule has 140 valence electrons. The third-order valence-corrected chi connectivity index (χ3v) is 4.55. The molecule has 1 aromatic carbocycles. The molecule has 1 aliphatic heterocycles. The summed E-state index contributed by atoms with van der Waals surface area (Å²) >= 11 is 0. The SMILES string of the molecule is CCCC1CC(C(=O)NO)CCN1CCOc1cc(F)c(F)c(F)c1. The zero-order valence-electron chi connectivity index (χ0n) is 14.1. The van der Waals surface area contributed by atoms with Crippen LogP contribution in [0.1, 0.15) is 32.6 Å². The fourth-order valence-corrected chi connectivity index (χ4v) is 3.25. The van der Waals surface area contributed by atoms with Gasteiger partial charge >= 0.3 is 0 Å². The maximum atomic E-state index is 13.2. The first-order valence-corrected chi connectivity index (χ1v) is 8.41. The molecule has 0 spiro atoms. The average Bonchev–Trinajstić information content (AvgIpc) is 2.60. The van der Waals surface area contributed by atoms with Crippen molar-refractivity contribution in [1.29, 1.82) is 0 Å². The summed E-state index contributed by atoms with van der Waals surface area (Å²) in [6.45, 7) is 3.44. The Balaban J connectivity index is 1.89. The molecule has 1 heterocycles. The van der Waals surface area contributed by atoms with Gasteiger partial charge in [0.05, 0.1) is 0 Å². The summed E-state index contributed by atoms with van der Waals surface area (Å²) in [6.07, 6.45) is 3.10. The van der Waals surface area contributed by atoms with E-state index in [2.05, 4.69) is 11.8 Å². The van der Waals surface area contributed by atoms with Crippen molar-refractivity contribution in [3.05, 3.63) is 29.6 Å². The van der Waals surface area contributed by atoms with Crippen molar-refractivity contribution in [2.24, 2.45) is 5.92 Å². The summed E-state index contributed by atoms with van der Waals surface area (Å²) in [5.74, 6) is -4.73. The molecule has 0 aromatic heterocycles. The fraction of sp³-hybridized carbons (Fsp3) is 0.588. The van der Waals surface area contributed by atoms with Gasteiger partial charge in [-0.2, -0.15) is 0 Å². The van der Waals surface area contributed by atoms with E-state index < -0.39 is 17.5 Å². The summed E-state index contributed by atoms with van der Waals surface area (Å²) in [5.41, 5.74) is 1.71. The molecule has 0 aliphatic carbocycles. The summed E-state index contributed by atoms with van der Waals surface area (Å²) in [6, 6.07) is 1.81. The fourth-order valence-electron chi connectivity index (χ4n) is 3.25. The normalized spacial score (nSPS) is 21.2. The van der Waals surface area contributed by atoms with Crippen LogP contribution in [-0.2, 0) is 4.79 Å². The number of hydrogen-bond donors (Lipinski definition) is 2. The van der Waals surface area contributed by atoms with E-state index in [9.17, 15) is 18.0 Å². The maximum Gasteiger partial charge on any atom is 0.246 e. The molecule has 1 fully saturated rings. The van der Waals surface area contributed by atoms with Gasteiger partial charge in [0.25, 0.3) is 0 Å². The minimum atomic E-state index is -1.51. The smallest absolute Gasteiger partial charge is 0.246 e. The third-order valence-electron chi connectivity index (χ3n) is 4.55. The van der Waals surface area contributed by atoms with Gasteiger partial charge < -0.3 is 4.74 Å². The number of amides is 1. The van der Waals surface area contributed by atoms with Crippen LogP contribution < -0.4 is 10.2 Å². The number of piperidine rings is 1. The van der Waals surface area contributed by atoms with Gasteiger partial charge in [-0.05, 0) is 25.8 Å². The van der Waals surface area contributed by atoms with Gasteiger partial charge in [0.2, 0.25) is 5.91 Å². The summed E-state index contributed by atoms with van der Waals surface area (Å²) < 4.78 is 44.6. The highest BCUT2D eigenvalue weighted by atomic mass is 19.2. The number of hydroxylamine groups is 1. The molecule has 2 unspecified atom stereocenters. The standard InChI is InChI=1S/C17H23F3N2O3/c1-2-3-12-8-11(17(23)21-24)4-5-22(12)6-7-25-13-9-14(18)16(20)15(19)10-13/h9-12,24H,2-8H2,1H3,(H,21,23). The third kappa shape index (κ3) is 5.09. The van der Waals surface area contributed by atoms with E-state index in [4.69, 9.17) is 9.94 Å². The zero-order valence-corrected chi connectivity index (χ0v) is 14.1. The van der Waals surface area contributed by atoms with Crippen LogP contribution in [0.25, 0.3) is 0 Å². The Labute approximate surface area is 144 Å². The first-order chi connectivity index (χ1) is 12.0. The van der Waals surface area contributed by atoms with Gasteiger partial charge in [0.15, 0.2) is 17.5 Å². The second kappa shape index (κ2) is 9.05. The van der Waals surface area contributed by atoms with Crippen molar-refractivity contribution in [1.82, 2.24) is 10.4 Å². The molecule has 2 rings (SSSR count). The van der Waals surface area contributed by atoms with E-state index in [-0.39, 0.29) is 30.2 Å². The average molecular weight is 360 g/mol. The monoisotopic (exact) mass is 360 g/mol. The molecule has 25 heavy (non-hydrogen) atoms. The molecular formula is C17H23F3N2O3. The number of ether oxygens (including phenoxy) is 1. The Morgan fingerprint density at radius 1 is 1.36 bits per heavy atom. The lowest BCUT2D eigenvalue weighted by molar-refractivity contribution is -0.135. The van der Waals surface area contributed by atoms with Gasteiger partial charge in [0, 0.05) is 30.6 Å². The lowest BCUT2D eigenvalue weighted by Gasteiger charge is -2.38. The van der Waals surface area contributed by atoms with E-state index in [1.807, 2.05) is 0 Å². The predicted octanol–water partition coefficient (Wildman–Crippen LogP) is 2.87. The summed E-state index contributed by atoms with van der Waals surface area (Å²) in [4.78, 5) is 13.8. The van der Waals surface area contributed by atoms with E-state index >= 15 is 0 Å². The number of carbonyl (C=O) groups excluding carboxylic acids is 1. The quantitative estimate of drug-likeness (QED) is 0.446. The highest BCUT2D eigenvalue weighted by molar-refractivity contribution is 5.77. The van der Waals surface area contributed by atoms with Crippen molar-refractivity contribution >= 4 is 5.91 Å². The Bertz CT molecular complexity index is 577. The van der Waals surface area contributed by atoms with Crippen LogP contribution in [0.5, 0.6) is 5.75 Å². The van der Waals surface area contributed by atoms with Crippen LogP contribution in [-0.4, -0.2) is 41.8 Å². The second-order valence-corrected chi connectivity index (χ2v) is 6.23. The van der Waals surface area contributed by atoms with E-state index in [1.165, 1.54) is 0 Å². The molecule has 2 N–H and O–H groups in total. The number of benzene rings is 1. The predicted molar refractivity (Wildman–Crippen MR) is 84.7 cm³/mol. The molecule has 1 aliphatic rings. The van der Waals surface area contributed by atoms with E-state index in [1.54, 1.807) is 5.48 Å². The van der Waals surface area contributed by atoms with Crippen molar-refractivity contribution in [3.8, 4) is 5.75 Å². The van der Waals surface area contributed by atoms with Crippen LogP contribution in [0.3, 0.4) is 0 Å². The molecular weight excluding hydrogens is 337 g/mol.